The highest BCUT2D eigenvalue weighted by Crippen LogP contribution is 2.48. The van der Waals surface area contributed by atoms with Gasteiger partial charge in [-0.3, -0.25) is 9.59 Å². The molecule has 2 aromatic carbocycles. The Hall–Kier alpha value is -3.08. The smallest absolute Gasteiger partial charge is 0.253 e. The van der Waals surface area contributed by atoms with Gasteiger partial charge in [0.1, 0.15) is 11.9 Å². The summed E-state index contributed by atoms with van der Waals surface area (Å²) >= 11 is 0. The van der Waals surface area contributed by atoms with Gasteiger partial charge in [0.15, 0.2) is 0 Å². The standard InChI is InChI=1S/C21H17FN4O2/c22-15-6-8-16(9-7-15)26-20(27)17-18(14-4-2-13(12-23)3-5-14)24-10-1-11-25(24)19(17)21(26)28/h2-9,17-19H,1,10-11H2/t17-,18-,19-/m1/s1. The third kappa shape index (κ3) is 2.32. The summed E-state index contributed by atoms with van der Waals surface area (Å²) in [6.45, 7) is 1.51. The maximum absolute atomic E-state index is 13.3. The lowest BCUT2D eigenvalue weighted by molar-refractivity contribution is -0.126. The third-order valence-corrected chi connectivity index (χ3v) is 5.87. The SMILES string of the molecule is N#Cc1ccc([C@@H]2[C@H]3C(=O)N(c4ccc(F)cc4)C(=O)[C@@H]3N3CCCN23)cc1. The van der Waals surface area contributed by atoms with Crippen LogP contribution in [0.2, 0.25) is 0 Å². The number of rotatable bonds is 2. The normalized spacial score (nSPS) is 27.1. The molecular formula is C21H17FN4O2. The summed E-state index contributed by atoms with van der Waals surface area (Å²) in [7, 11) is 0. The molecule has 7 heteroatoms. The minimum absolute atomic E-state index is 0.248. The van der Waals surface area contributed by atoms with E-state index in [1.54, 1.807) is 12.1 Å². The van der Waals surface area contributed by atoms with Gasteiger partial charge in [-0.2, -0.15) is 5.26 Å². The van der Waals surface area contributed by atoms with Gasteiger partial charge in [0.25, 0.3) is 5.91 Å². The maximum Gasteiger partial charge on any atom is 0.253 e. The predicted molar refractivity (Wildman–Crippen MR) is 98.1 cm³/mol. The number of imide groups is 1. The second-order valence-electron chi connectivity index (χ2n) is 7.32. The Morgan fingerprint density at radius 1 is 0.893 bits per heavy atom. The second-order valence-corrected chi connectivity index (χ2v) is 7.32. The van der Waals surface area contributed by atoms with Crippen molar-refractivity contribution >= 4 is 17.5 Å². The Labute approximate surface area is 161 Å². The topological polar surface area (TPSA) is 67.6 Å². The maximum atomic E-state index is 13.3. The Kier molecular flexibility index (Phi) is 3.79. The summed E-state index contributed by atoms with van der Waals surface area (Å²) in [6, 6.07) is 13.9. The molecule has 3 fully saturated rings. The number of anilines is 1. The zero-order valence-corrected chi connectivity index (χ0v) is 15.0. The number of fused-ring (bicyclic) bond motifs is 3. The fourth-order valence-corrected chi connectivity index (χ4v) is 4.71. The molecule has 3 atom stereocenters. The molecule has 3 aliphatic heterocycles. The van der Waals surface area contributed by atoms with E-state index in [1.165, 1.54) is 29.2 Å². The minimum Gasteiger partial charge on any atom is -0.274 e. The van der Waals surface area contributed by atoms with E-state index in [-0.39, 0.29) is 17.9 Å². The Morgan fingerprint density at radius 3 is 2.18 bits per heavy atom. The molecule has 3 saturated heterocycles. The van der Waals surface area contributed by atoms with Crippen LogP contribution < -0.4 is 4.90 Å². The highest BCUT2D eigenvalue weighted by atomic mass is 19.1. The van der Waals surface area contributed by atoms with Crippen LogP contribution in [0.3, 0.4) is 0 Å². The first-order valence-electron chi connectivity index (χ1n) is 9.27. The molecule has 0 aromatic heterocycles. The van der Waals surface area contributed by atoms with Crippen LogP contribution >= 0.6 is 0 Å². The highest BCUT2D eigenvalue weighted by molar-refractivity contribution is 6.24. The molecule has 2 amide bonds. The molecule has 5 rings (SSSR count). The molecule has 0 aliphatic carbocycles. The van der Waals surface area contributed by atoms with Crippen molar-refractivity contribution in [1.82, 2.24) is 10.0 Å². The first-order chi connectivity index (χ1) is 13.6. The number of nitrogens with zero attached hydrogens (tertiary/aromatic N) is 4. The average molecular weight is 376 g/mol. The van der Waals surface area contributed by atoms with Gasteiger partial charge in [-0.05, 0) is 48.4 Å². The van der Waals surface area contributed by atoms with Gasteiger partial charge >= 0.3 is 0 Å². The average Bonchev–Trinajstić information content (AvgIpc) is 3.35. The van der Waals surface area contributed by atoms with Crippen LogP contribution in [-0.2, 0) is 9.59 Å². The van der Waals surface area contributed by atoms with E-state index < -0.39 is 17.8 Å². The van der Waals surface area contributed by atoms with Gasteiger partial charge < -0.3 is 0 Å². The molecule has 2 aromatic rings. The first kappa shape index (κ1) is 17.0. The van der Waals surface area contributed by atoms with Crippen LogP contribution in [0.25, 0.3) is 0 Å². The summed E-state index contributed by atoms with van der Waals surface area (Å²) in [5.74, 6) is -1.45. The molecule has 6 nitrogen and oxygen atoms in total. The van der Waals surface area contributed by atoms with Crippen molar-refractivity contribution in [2.45, 2.75) is 18.5 Å². The molecule has 0 radical (unpaired) electrons. The number of hydrazine groups is 1. The van der Waals surface area contributed by atoms with E-state index in [1.807, 2.05) is 17.1 Å². The minimum atomic E-state index is -0.541. The van der Waals surface area contributed by atoms with E-state index >= 15 is 0 Å². The zero-order chi connectivity index (χ0) is 19.4. The van der Waals surface area contributed by atoms with Crippen molar-refractivity contribution in [3.8, 4) is 6.07 Å². The number of amides is 2. The van der Waals surface area contributed by atoms with Crippen molar-refractivity contribution in [2.24, 2.45) is 5.92 Å². The lowest BCUT2D eigenvalue weighted by atomic mass is 9.89. The van der Waals surface area contributed by atoms with Crippen LogP contribution in [-0.4, -0.2) is 41.0 Å². The van der Waals surface area contributed by atoms with Gasteiger partial charge in [-0.1, -0.05) is 12.1 Å². The van der Waals surface area contributed by atoms with Gasteiger partial charge in [-0.15, -0.1) is 0 Å². The molecule has 140 valence electrons. The van der Waals surface area contributed by atoms with Gasteiger partial charge in [0, 0.05) is 13.1 Å². The number of hydrogen-bond acceptors (Lipinski definition) is 5. The van der Waals surface area contributed by atoms with E-state index in [9.17, 15) is 14.0 Å². The molecule has 0 bridgehead atoms. The quantitative estimate of drug-likeness (QED) is 0.752. The van der Waals surface area contributed by atoms with Crippen LogP contribution in [0.15, 0.2) is 48.5 Å². The van der Waals surface area contributed by atoms with Gasteiger partial charge in [0.05, 0.1) is 29.3 Å². The Balaban J connectivity index is 1.56. The largest absolute Gasteiger partial charge is 0.274 e. The van der Waals surface area contributed by atoms with Crippen LogP contribution in [0.5, 0.6) is 0 Å². The summed E-state index contributed by atoms with van der Waals surface area (Å²) in [5.41, 5.74) is 1.87. The van der Waals surface area contributed by atoms with E-state index in [2.05, 4.69) is 11.1 Å². The lowest BCUT2D eigenvalue weighted by Gasteiger charge is -2.29. The summed E-state index contributed by atoms with van der Waals surface area (Å²) in [5, 5.41) is 13.2. The second kappa shape index (κ2) is 6.23. The summed E-state index contributed by atoms with van der Waals surface area (Å²) in [4.78, 5) is 27.7. The molecule has 0 unspecified atom stereocenters. The lowest BCUT2D eigenvalue weighted by Crippen LogP contribution is -2.44. The first-order valence-corrected chi connectivity index (χ1v) is 9.27. The van der Waals surface area contributed by atoms with E-state index in [4.69, 9.17) is 5.26 Å². The van der Waals surface area contributed by atoms with Crippen LogP contribution in [0.1, 0.15) is 23.6 Å². The van der Waals surface area contributed by atoms with Gasteiger partial charge in [-0.25, -0.2) is 19.3 Å². The molecule has 3 aliphatic rings. The van der Waals surface area contributed by atoms with Crippen molar-refractivity contribution in [1.29, 1.82) is 5.26 Å². The fraction of sp³-hybridized carbons (Fsp3) is 0.286. The molecule has 0 saturated carbocycles. The number of hydrogen-bond donors (Lipinski definition) is 0. The molecule has 28 heavy (non-hydrogen) atoms. The number of benzene rings is 2. The highest BCUT2D eigenvalue weighted by Gasteiger charge is 2.62. The van der Waals surface area contributed by atoms with Crippen molar-refractivity contribution in [3.63, 3.8) is 0 Å². The monoisotopic (exact) mass is 376 g/mol. The number of carbonyl (C=O) groups is 2. The number of nitriles is 1. The van der Waals surface area contributed by atoms with Crippen molar-refractivity contribution in [2.75, 3.05) is 18.0 Å². The van der Waals surface area contributed by atoms with Crippen LogP contribution in [0.4, 0.5) is 10.1 Å². The molecule has 0 N–H and O–H groups in total. The third-order valence-electron chi connectivity index (χ3n) is 5.87. The Bertz CT molecular complexity index is 999. The number of carbonyl (C=O) groups excluding carboxylic acids is 2. The van der Waals surface area contributed by atoms with Crippen LogP contribution in [0, 0.1) is 23.1 Å². The molecule has 0 spiro atoms. The van der Waals surface area contributed by atoms with Crippen molar-refractivity contribution in [3.05, 3.63) is 65.5 Å². The van der Waals surface area contributed by atoms with E-state index in [0.29, 0.717) is 11.3 Å². The predicted octanol–water partition coefficient (Wildman–Crippen LogP) is 2.23. The van der Waals surface area contributed by atoms with Crippen molar-refractivity contribution < 1.29 is 14.0 Å². The van der Waals surface area contributed by atoms with Gasteiger partial charge in [0.2, 0.25) is 5.91 Å². The molecular weight excluding hydrogens is 359 g/mol. The fourth-order valence-electron chi connectivity index (χ4n) is 4.71. The zero-order valence-electron chi connectivity index (χ0n) is 15.0. The Morgan fingerprint density at radius 2 is 1.54 bits per heavy atom. The summed E-state index contributed by atoms with van der Waals surface area (Å²) < 4.78 is 13.3. The summed E-state index contributed by atoms with van der Waals surface area (Å²) in [6.07, 6.45) is 0.925. The molecule has 3 heterocycles. The number of halogens is 1. The van der Waals surface area contributed by atoms with E-state index in [0.717, 1.165) is 25.1 Å².